The number of nitrogens with one attached hydrogen (secondary N) is 1. The molecule has 2 N–H and O–H groups in total. The lowest BCUT2D eigenvalue weighted by Gasteiger charge is -2.15. The SMILES string of the molecule is O=C(Nc1c2ccc(C3(O)CC3)cc2nn1-c1ccccc1)c1cc(-c2ncccn2)c(C(F)(F)F)cc1F. The smallest absolute Gasteiger partial charge is 0.385 e. The molecule has 1 fully saturated rings. The average Bonchev–Trinajstić information content (AvgIpc) is 3.59. The predicted molar refractivity (Wildman–Crippen MR) is 135 cm³/mol. The Hall–Kier alpha value is -4.64. The number of nitrogens with zero attached hydrogens (tertiary/aromatic N) is 4. The van der Waals surface area contributed by atoms with Crippen molar-refractivity contribution in [2.75, 3.05) is 5.32 Å². The Labute approximate surface area is 218 Å². The Kier molecular flexibility index (Phi) is 5.69. The van der Waals surface area contributed by atoms with Crippen LogP contribution < -0.4 is 5.32 Å². The summed E-state index contributed by atoms with van der Waals surface area (Å²) in [6.07, 6.45) is -1.15. The Morgan fingerprint density at radius 1 is 0.974 bits per heavy atom. The molecule has 1 aliphatic rings. The second kappa shape index (κ2) is 8.98. The van der Waals surface area contributed by atoms with Gasteiger partial charge in [0.2, 0.25) is 0 Å². The van der Waals surface area contributed by atoms with Gasteiger partial charge in [0.1, 0.15) is 11.6 Å². The van der Waals surface area contributed by atoms with Crippen LogP contribution in [0.2, 0.25) is 0 Å². The summed E-state index contributed by atoms with van der Waals surface area (Å²) in [6.45, 7) is 0. The molecule has 0 radical (unpaired) electrons. The largest absolute Gasteiger partial charge is 0.417 e. The van der Waals surface area contributed by atoms with Gasteiger partial charge in [-0.2, -0.15) is 18.3 Å². The van der Waals surface area contributed by atoms with E-state index in [1.807, 2.05) is 0 Å². The van der Waals surface area contributed by atoms with Gasteiger partial charge >= 0.3 is 6.18 Å². The summed E-state index contributed by atoms with van der Waals surface area (Å²) in [5, 5.41) is 18.3. The third-order valence-electron chi connectivity index (χ3n) is 6.63. The number of fused-ring (bicyclic) bond motifs is 1. The standard InChI is InChI=1S/C28H19F4N5O2/c29-22-15-21(28(30,31)32)19(24-33-11-4-12-34-24)14-20(22)26(38)35-25-18-8-7-16(27(39)9-10-27)13-23(18)36-37(25)17-5-2-1-3-6-17/h1-8,11-15,39H,9-10H2,(H,35,38). The van der Waals surface area contributed by atoms with Crippen molar-refractivity contribution >= 4 is 22.6 Å². The van der Waals surface area contributed by atoms with E-state index in [9.17, 15) is 23.1 Å². The van der Waals surface area contributed by atoms with Gasteiger partial charge in [0, 0.05) is 23.3 Å². The maximum Gasteiger partial charge on any atom is 0.417 e. The third kappa shape index (κ3) is 4.50. The Bertz CT molecular complexity index is 1720. The molecule has 1 saturated carbocycles. The second-order valence-corrected chi connectivity index (χ2v) is 9.26. The van der Waals surface area contributed by atoms with E-state index >= 15 is 4.39 Å². The molecule has 0 unspecified atom stereocenters. The Morgan fingerprint density at radius 3 is 2.36 bits per heavy atom. The summed E-state index contributed by atoms with van der Waals surface area (Å²) in [5.74, 6) is -2.45. The van der Waals surface area contributed by atoms with Crippen molar-refractivity contribution in [1.29, 1.82) is 0 Å². The molecule has 0 bridgehead atoms. The maximum absolute atomic E-state index is 15.0. The van der Waals surface area contributed by atoms with Gasteiger partial charge in [-0.15, -0.1) is 0 Å². The molecular formula is C28H19F4N5O2. The summed E-state index contributed by atoms with van der Waals surface area (Å²) < 4.78 is 57.7. The molecule has 0 spiro atoms. The summed E-state index contributed by atoms with van der Waals surface area (Å²) in [4.78, 5) is 21.1. The Balaban J connectivity index is 1.46. The fourth-order valence-corrected chi connectivity index (χ4v) is 4.44. The van der Waals surface area contributed by atoms with Crippen LogP contribution in [0, 0.1) is 5.82 Å². The zero-order valence-corrected chi connectivity index (χ0v) is 20.1. The highest BCUT2D eigenvalue weighted by Crippen LogP contribution is 2.46. The molecular weight excluding hydrogens is 514 g/mol. The lowest BCUT2D eigenvalue weighted by Crippen LogP contribution is -2.18. The number of carbonyl (C=O) groups excluding carboxylic acids is 1. The highest BCUT2D eigenvalue weighted by molar-refractivity contribution is 6.09. The third-order valence-corrected chi connectivity index (χ3v) is 6.63. The number of alkyl halides is 3. The number of rotatable bonds is 5. The van der Waals surface area contributed by atoms with Crippen molar-refractivity contribution in [2.45, 2.75) is 24.6 Å². The molecule has 1 aliphatic carbocycles. The number of aromatic nitrogens is 4. The maximum atomic E-state index is 15.0. The summed E-state index contributed by atoms with van der Waals surface area (Å²) >= 11 is 0. The van der Waals surface area contributed by atoms with Gasteiger partial charge < -0.3 is 10.4 Å². The van der Waals surface area contributed by atoms with Crippen LogP contribution in [0.5, 0.6) is 0 Å². The second-order valence-electron chi connectivity index (χ2n) is 9.26. The molecule has 39 heavy (non-hydrogen) atoms. The molecule has 0 atom stereocenters. The number of hydrogen-bond donors (Lipinski definition) is 2. The quantitative estimate of drug-likeness (QED) is 0.276. The van der Waals surface area contributed by atoms with Gasteiger partial charge in [0.15, 0.2) is 5.82 Å². The van der Waals surface area contributed by atoms with Gasteiger partial charge in [-0.3, -0.25) is 4.79 Å². The molecule has 196 valence electrons. The minimum absolute atomic E-state index is 0.187. The number of amides is 1. The summed E-state index contributed by atoms with van der Waals surface area (Å²) in [7, 11) is 0. The van der Waals surface area contributed by atoms with Crippen LogP contribution in [0.1, 0.15) is 34.3 Å². The van der Waals surface area contributed by atoms with Gasteiger partial charge in [-0.1, -0.05) is 24.3 Å². The number of halogens is 4. The highest BCUT2D eigenvalue weighted by Gasteiger charge is 2.42. The fraction of sp³-hybridized carbons (Fsp3) is 0.143. The van der Waals surface area contributed by atoms with Gasteiger partial charge in [-0.25, -0.2) is 19.0 Å². The zero-order chi connectivity index (χ0) is 27.4. The number of carbonyl (C=O) groups is 1. The van der Waals surface area contributed by atoms with E-state index in [-0.39, 0.29) is 17.7 Å². The Morgan fingerprint density at radius 2 is 1.69 bits per heavy atom. The number of para-hydroxylation sites is 1. The van der Waals surface area contributed by atoms with Crippen LogP contribution in [0.15, 0.2) is 79.1 Å². The zero-order valence-electron chi connectivity index (χ0n) is 20.1. The first-order chi connectivity index (χ1) is 18.6. The lowest BCUT2D eigenvalue weighted by atomic mass is 10.0. The first kappa shape index (κ1) is 24.7. The molecule has 11 heteroatoms. The lowest BCUT2D eigenvalue weighted by molar-refractivity contribution is -0.137. The molecule has 0 saturated heterocycles. The number of anilines is 1. The number of hydrogen-bond acceptors (Lipinski definition) is 5. The molecule has 2 heterocycles. The summed E-state index contributed by atoms with van der Waals surface area (Å²) in [6, 6.07) is 16.5. The number of benzene rings is 3. The van der Waals surface area contributed by atoms with Gasteiger partial charge in [-0.05, 0) is 60.9 Å². The molecule has 5 aromatic rings. The van der Waals surface area contributed by atoms with E-state index in [4.69, 9.17) is 0 Å². The molecule has 3 aromatic carbocycles. The predicted octanol–water partition coefficient (Wildman–Crippen LogP) is 5.87. The molecule has 1 amide bonds. The van der Waals surface area contributed by atoms with Crippen LogP contribution >= 0.6 is 0 Å². The first-order valence-electron chi connectivity index (χ1n) is 11.9. The van der Waals surface area contributed by atoms with Gasteiger partial charge in [0.25, 0.3) is 5.91 Å². The first-order valence-corrected chi connectivity index (χ1v) is 11.9. The van der Waals surface area contributed by atoms with E-state index in [1.54, 1.807) is 48.5 Å². The van der Waals surface area contributed by atoms with Crippen LogP contribution in [0.25, 0.3) is 28.0 Å². The van der Waals surface area contributed by atoms with E-state index in [0.29, 0.717) is 35.0 Å². The van der Waals surface area contributed by atoms with E-state index in [2.05, 4.69) is 20.4 Å². The van der Waals surface area contributed by atoms with Crippen LogP contribution in [0.4, 0.5) is 23.4 Å². The van der Waals surface area contributed by atoms with E-state index in [0.717, 1.165) is 6.07 Å². The minimum Gasteiger partial charge on any atom is -0.385 e. The molecule has 2 aromatic heterocycles. The van der Waals surface area contributed by atoms with Crippen LogP contribution in [-0.2, 0) is 11.8 Å². The monoisotopic (exact) mass is 533 g/mol. The highest BCUT2D eigenvalue weighted by atomic mass is 19.4. The molecule has 6 rings (SSSR count). The van der Waals surface area contributed by atoms with Gasteiger partial charge in [0.05, 0.1) is 27.9 Å². The van der Waals surface area contributed by atoms with Crippen LogP contribution in [0.3, 0.4) is 0 Å². The van der Waals surface area contributed by atoms with Crippen molar-refractivity contribution in [3.63, 3.8) is 0 Å². The van der Waals surface area contributed by atoms with E-state index in [1.165, 1.54) is 23.1 Å². The van der Waals surface area contributed by atoms with Crippen molar-refractivity contribution < 1.29 is 27.5 Å². The average molecular weight is 533 g/mol. The molecule has 7 nitrogen and oxygen atoms in total. The normalized spacial score (nSPS) is 14.4. The minimum atomic E-state index is -4.91. The van der Waals surface area contributed by atoms with Crippen molar-refractivity contribution in [3.8, 4) is 17.1 Å². The fourth-order valence-electron chi connectivity index (χ4n) is 4.44. The van der Waals surface area contributed by atoms with Crippen molar-refractivity contribution in [1.82, 2.24) is 19.7 Å². The molecule has 0 aliphatic heterocycles. The summed E-state index contributed by atoms with van der Waals surface area (Å²) in [5.41, 5.74) is -1.62. The van der Waals surface area contributed by atoms with Crippen molar-refractivity contribution in [3.05, 3.63) is 102 Å². The van der Waals surface area contributed by atoms with E-state index < -0.39 is 40.2 Å². The topological polar surface area (TPSA) is 92.9 Å². The van der Waals surface area contributed by atoms with Crippen LogP contribution in [-0.4, -0.2) is 30.8 Å². The number of aliphatic hydroxyl groups is 1. The van der Waals surface area contributed by atoms with Crippen molar-refractivity contribution in [2.24, 2.45) is 0 Å².